The second kappa shape index (κ2) is 7.13. The summed E-state index contributed by atoms with van der Waals surface area (Å²) in [5.74, 6) is 0.652. The van der Waals surface area contributed by atoms with Gasteiger partial charge in [-0.05, 0) is 45.4 Å². The van der Waals surface area contributed by atoms with Gasteiger partial charge in [-0.25, -0.2) is 4.79 Å². The average Bonchev–Trinajstić information content (AvgIpc) is 2.34. The molecule has 0 heterocycles. The highest BCUT2D eigenvalue weighted by molar-refractivity contribution is 5.88. The lowest BCUT2D eigenvalue weighted by Crippen LogP contribution is -2.27. The highest BCUT2D eigenvalue weighted by Crippen LogP contribution is 2.24. The third kappa shape index (κ3) is 6.31. The molecule has 0 aromatic heterocycles. The van der Waals surface area contributed by atoms with Crippen LogP contribution in [0.2, 0.25) is 0 Å². The number of benzene rings is 1. The third-order valence-corrected chi connectivity index (χ3v) is 2.48. The van der Waals surface area contributed by atoms with Crippen molar-refractivity contribution in [1.29, 1.82) is 0 Å². The smallest absolute Gasteiger partial charge is 0.412 e. The monoisotopic (exact) mass is 292 g/mol. The molecule has 0 aliphatic carbocycles. The van der Waals surface area contributed by atoms with E-state index in [9.17, 15) is 4.79 Å². The molecular weight excluding hydrogens is 268 g/mol. The normalized spacial score (nSPS) is 13.0. The van der Waals surface area contributed by atoms with Gasteiger partial charge in [0.25, 0.3) is 0 Å². The van der Waals surface area contributed by atoms with E-state index in [1.165, 1.54) is 0 Å². The minimum Gasteiger partial charge on any atom is -0.497 e. The van der Waals surface area contributed by atoms with Crippen LogP contribution < -0.4 is 15.8 Å². The first-order valence-corrected chi connectivity index (χ1v) is 6.83. The number of amides is 1. The topological polar surface area (TPSA) is 73.6 Å². The van der Waals surface area contributed by atoms with E-state index in [2.05, 4.69) is 5.32 Å². The summed E-state index contributed by atoms with van der Waals surface area (Å²) in [6.07, 6.45) is 3.20. The summed E-state index contributed by atoms with van der Waals surface area (Å²) in [4.78, 5) is 11.9. The Hall–Kier alpha value is -2.01. The highest BCUT2D eigenvalue weighted by atomic mass is 16.6. The summed E-state index contributed by atoms with van der Waals surface area (Å²) in [7, 11) is 1.57. The maximum atomic E-state index is 11.9. The maximum absolute atomic E-state index is 11.9. The molecule has 5 heteroatoms. The quantitative estimate of drug-likeness (QED) is 0.892. The van der Waals surface area contributed by atoms with Gasteiger partial charge in [0, 0.05) is 12.1 Å². The van der Waals surface area contributed by atoms with Gasteiger partial charge in [0.1, 0.15) is 11.4 Å². The molecule has 116 valence electrons. The Labute approximate surface area is 126 Å². The minimum absolute atomic E-state index is 0.0681. The van der Waals surface area contributed by atoms with Gasteiger partial charge in [0.2, 0.25) is 0 Å². The zero-order valence-electron chi connectivity index (χ0n) is 13.3. The van der Waals surface area contributed by atoms with Crippen LogP contribution in [-0.4, -0.2) is 24.8 Å². The van der Waals surface area contributed by atoms with Crippen LogP contribution in [0, 0.1) is 0 Å². The van der Waals surface area contributed by atoms with Gasteiger partial charge in [-0.15, -0.1) is 0 Å². The Morgan fingerprint density at radius 2 is 2.05 bits per heavy atom. The van der Waals surface area contributed by atoms with Crippen molar-refractivity contribution in [2.45, 2.75) is 39.3 Å². The van der Waals surface area contributed by atoms with Gasteiger partial charge in [0.05, 0.1) is 12.8 Å². The van der Waals surface area contributed by atoms with E-state index in [4.69, 9.17) is 15.2 Å². The van der Waals surface area contributed by atoms with Crippen molar-refractivity contribution in [3.63, 3.8) is 0 Å². The zero-order chi connectivity index (χ0) is 16.0. The molecule has 0 aliphatic rings. The standard InChI is InChI=1S/C16H24N2O3/c1-11(17)6-7-12-8-9-13(20-5)10-14(12)18-15(19)21-16(2,3)4/h6-11H,17H2,1-5H3,(H,18,19)/b7-6-. The Balaban J connectivity index is 2.98. The second-order valence-corrected chi connectivity index (χ2v) is 5.80. The molecule has 3 N–H and O–H groups in total. The number of hydrogen-bond donors (Lipinski definition) is 2. The molecule has 0 radical (unpaired) electrons. The Kier molecular flexibility index (Phi) is 5.79. The first-order chi connectivity index (χ1) is 9.71. The fourth-order valence-corrected chi connectivity index (χ4v) is 1.58. The lowest BCUT2D eigenvalue weighted by Gasteiger charge is -2.20. The Bertz CT molecular complexity index is 517. The van der Waals surface area contributed by atoms with Crippen LogP contribution in [-0.2, 0) is 4.74 Å². The van der Waals surface area contributed by atoms with Crippen molar-refractivity contribution < 1.29 is 14.3 Å². The van der Waals surface area contributed by atoms with Crippen LogP contribution >= 0.6 is 0 Å². The van der Waals surface area contributed by atoms with Crippen LogP contribution in [0.3, 0.4) is 0 Å². The van der Waals surface area contributed by atoms with Crippen molar-refractivity contribution in [3.8, 4) is 5.75 Å². The van der Waals surface area contributed by atoms with Crippen molar-refractivity contribution in [3.05, 3.63) is 29.8 Å². The predicted molar refractivity (Wildman–Crippen MR) is 85.5 cm³/mol. The SMILES string of the molecule is COc1ccc(/C=C\C(C)N)c(NC(=O)OC(C)(C)C)c1. The molecule has 1 aromatic rings. The van der Waals surface area contributed by atoms with Crippen LogP contribution in [0.1, 0.15) is 33.3 Å². The van der Waals surface area contributed by atoms with Crippen LogP contribution in [0.25, 0.3) is 6.08 Å². The number of methoxy groups -OCH3 is 1. The molecule has 0 saturated carbocycles. The number of hydrogen-bond acceptors (Lipinski definition) is 4. The summed E-state index contributed by atoms with van der Waals surface area (Å²) in [6, 6.07) is 5.34. The molecule has 0 aliphatic heterocycles. The van der Waals surface area contributed by atoms with E-state index in [-0.39, 0.29) is 6.04 Å². The summed E-state index contributed by atoms with van der Waals surface area (Å²) < 4.78 is 10.4. The molecule has 1 unspecified atom stereocenters. The molecule has 1 amide bonds. The minimum atomic E-state index is -0.551. The first kappa shape index (κ1) is 17.0. The van der Waals surface area contributed by atoms with Crippen molar-refractivity contribution in [1.82, 2.24) is 0 Å². The van der Waals surface area contributed by atoms with Crippen molar-refractivity contribution in [2.24, 2.45) is 5.73 Å². The molecule has 0 saturated heterocycles. The molecular formula is C16H24N2O3. The van der Waals surface area contributed by atoms with Gasteiger partial charge in [-0.1, -0.05) is 12.2 Å². The number of nitrogens with one attached hydrogen (secondary N) is 1. The van der Waals surface area contributed by atoms with E-state index in [0.717, 1.165) is 5.56 Å². The van der Waals surface area contributed by atoms with E-state index < -0.39 is 11.7 Å². The summed E-state index contributed by atoms with van der Waals surface area (Å²) in [5, 5.41) is 2.73. The lowest BCUT2D eigenvalue weighted by molar-refractivity contribution is 0.0636. The number of anilines is 1. The lowest BCUT2D eigenvalue weighted by atomic mass is 10.1. The molecule has 1 aromatic carbocycles. The highest BCUT2D eigenvalue weighted by Gasteiger charge is 2.17. The largest absolute Gasteiger partial charge is 0.497 e. The van der Waals surface area contributed by atoms with Gasteiger partial charge >= 0.3 is 6.09 Å². The fraction of sp³-hybridized carbons (Fsp3) is 0.438. The van der Waals surface area contributed by atoms with Crippen molar-refractivity contribution >= 4 is 17.9 Å². The van der Waals surface area contributed by atoms with E-state index >= 15 is 0 Å². The number of ether oxygens (including phenoxy) is 2. The van der Waals surface area contributed by atoms with Gasteiger partial charge in [-0.2, -0.15) is 0 Å². The van der Waals surface area contributed by atoms with E-state index in [1.54, 1.807) is 13.2 Å². The van der Waals surface area contributed by atoms with Gasteiger partial charge in [0.15, 0.2) is 0 Å². The number of rotatable bonds is 4. The molecule has 1 atom stereocenters. The molecule has 0 bridgehead atoms. The van der Waals surface area contributed by atoms with Crippen molar-refractivity contribution in [2.75, 3.05) is 12.4 Å². The van der Waals surface area contributed by atoms with Crippen LogP contribution in [0.5, 0.6) is 5.75 Å². The second-order valence-electron chi connectivity index (χ2n) is 5.80. The Morgan fingerprint density at radius 3 is 2.57 bits per heavy atom. The fourth-order valence-electron chi connectivity index (χ4n) is 1.58. The molecule has 21 heavy (non-hydrogen) atoms. The number of carbonyl (C=O) groups is 1. The van der Waals surface area contributed by atoms with E-state index in [1.807, 2.05) is 52.0 Å². The van der Waals surface area contributed by atoms with Crippen LogP contribution in [0.15, 0.2) is 24.3 Å². The Morgan fingerprint density at radius 1 is 1.38 bits per heavy atom. The molecule has 5 nitrogen and oxygen atoms in total. The molecule has 1 rings (SSSR count). The predicted octanol–water partition coefficient (Wildman–Crippen LogP) is 3.40. The summed E-state index contributed by atoms with van der Waals surface area (Å²) >= 11 is 0. The third-order valence-electron chi connectivity index (χ3n) is 2.48. The number of nitrogens with two attached hydrogens (primary N) is 1. The van der Waals surface area contributed by atoms with Crippen LogP contribution in [0.4, 0.5) is 10.5 Å². The maximum Gasteiger partial charge on any atom is 0.412 e. The summed E-state index contributed by atoms with van der Waals surface area (Å²) in [5.41, 5.74) is 6.60. The van der Waals surface area contributed by atoms with E-state index in [0.29, 0.717) is 11.4 Å². The molecule has 0 spiro atoms. The number of carbonyl (C=O) groups excluding carboxylic acids is 1. The van der Waals surface area contributed by atoms with Gasteiger partial charge in [-0.3, -0.25) is 5.32 Å². The zero-order valence-corrected chi connectivity index (χ0v) is 13.3. The summed E-state index contributed by atoms with van der Waals surface area (Å²) in [6.45, 7) is 7.32. The van der Waals surface area contributed by atoms with Gasteiger partial charge < -0.3 is 15.2 Å². The first-order valence-electron chi connectivity index (χ1n) is 6.83. The molecule has 0 fully saturated rings. The average molecular weight is 292 g/mol.